The van der Waals surface area contributed by atoms with E-state index in [1.165, 1.54) is 4.90 Å². The molecule has 0 unspecified atom stereocenters. The fraction of sp³-hybridized carbons (Fsp3) is 0.917. The quantitative estimate of drug-likeness (QED) is 0.742. The number of hydrogen-bond acceptors (Lipinski definition) is 3. The normalized spacial score (nSPS) is 16.4. The molecule has 0 radical (unpaired) electrons. The lowest BCUT2D eigenvalue weighted by Crippen LogP contribution is -2.46. The van der Waals surface area contributed by atoms with E-state index in [1.807, 2.05) is 6.26 Å². The highest BCUT2D eigenvalue weighted by Crippen LogP contribution is 2.30. The first-order valence-electron chi connectivity index (χ1n) is 6.43. The van der Waals surface area contributed by atoms with Crippen molar-refractivity contribution in [2.24, 2.45) is 11.7 Å². The van der Waals surface area contributed by atoms with Gasteiger partial charge in [0, 0.05) is 13.1 Å². The van der Waals surface area contributed by atoms with E-state index in [1.54, 1.807) is 11.8 Å². The minimum atomic E-state index is -4.23. The van der Waals surface area contributed by atoms with E-state index in [9.17, 15) is 18.0 Å². The van der Waals surface area contributed by atoms with Gasteiger partial charge in [0.05, 0.1) is 12.5 Å². The molecule has 3 nitrogen and oxygen atoms in total. The Morgan fingerprint density at radius 1 is 1.45 bits per heavy atom. The summed E-state index contributed by atoms with van der Waals surface area (Å²) in [5.74, 6) is 0.763. The highest BCUT2D eigenvalue weighted by molar-refractivity contribution is 7.98. The summed E-state index contributed by atoms with van der Waals surface area (Å²) in [6, 6.07) is -0.681. The Morgan fingerprint density at radius 2 is 2.05 bits per heavy atom. The standard InChI is InChI=1S/C12H21F3N2OS.ClH/c1-19-7-4-10(16)11(18)17(8-9-2-3-9)6-5-12(13,14)15;/h9-10H,2-8,16H2,1H3;1H/t10-;/m0./s1. The van der Waals surface area contributed by atoms with Crippen LogP contribution in [0.5, 0.6) is 0 Å². The minimum Gasteiger partial charge on any atom is -0.341 e. The number of halogens is 4. The van der Waals surface area contributed by atoms with Crippen molar-refractivity contribution in [3.8, 4) is 0 Å². The smallest absolute Gasteiger partial charge is 0.341 e. The zero-order valence-electron chi connectivity index (χ0n) is 11.5. The van der Waals surface area contributed by atoms with Crippen molar-refractivity contribution in [2.45, 2.75) is 37.9 Å². The highest BCUT2D eigenvalue weighted by atomic mass is 35.5. The molecule has 1 fully saturated rings. The van der Waals surface area contributed by atoms with Gasteiger partial charge in [0.15, 0.2) is 0 Å². The van der Waals surface area contributed by atoms with Crippen LogP contribution in [0.3, 0.4) is 0 Å². The molecule has 0 aromatic carbocycles. The van der Waals surface area contributed by atoms with Crippen LogP contribution in [0.4, 0.5) is 13.2 Å². The summed E-state index contributed by atoms with van der Waals surface area (Å²) >= 11 is 1.57. The molecule has 1 saturated carbocycles. The van der Waals surface area contributed by atoms with Crippen molar-refractivity contribution in [1.29, 1.82) is 0 Å². The third-order valence-corrected chi connectivity index (χ3v) is 3.75. The molecule has 0 saturated heterocycles. The van der Waals surface area contributed by atoms with Gasteiger partial charge in [-0.25, -0.2) is 0 Å². The fourth-order valence-corrected chi connectivity index (χ4v) is 2.26. The molecule has 0 spiro atoms. The molecule has 20 heavy (non-hydrogen) atoms. The summed E-state index contributed by atoms with van der Waals surface area (Å²) in [5.41, 5.74) is 5.75. The molecule has 1 atom stereocenters. The van der Waals surface area contributed by atoms with Crippen LogP contribution in [0.15, 0.2) is 0 Å². The average molecular weight is 335 g/mol. The van der Waals surface area contributed by atoms with Gasteiger partial charge in [-0.15, -0.1) is 12.4 Å². The van der Waals surface area contributed by atoms with Gasteiger partial charge in [-0.2, -0.15) is 24.9 Å². The fourth-order valence-electron chi connectivity index (χ4n) is 1.77. The van der Waals surface area contributed by atoms with E-state index in [2.05, 4.69) is 0 Å². The van der Waals surface area contributed by atoms with Gasteiger partial charge < -0.3 is 10.6 Å². The summed E-state index contributed by atoms with van der Waals surface area (Å²) in [5, 5.41) is 0. The predicted molar refractivity (Wildman–Crippen MR) is 78.2 cm³/mol. The van der Waals surface area contributed by atoms with E-state index in [0.29, 0.717) is 18.9 Å². The number of nitrogens with zero attached hydrogens (tertiary/aromatic N) is 1. The zero-order valence-corrected chi connectivity index (χ0v) is 13.1. The molecule has 1 aliphatic rings. The second-order valence-electron chi connectivity index (χ2n) is 4.98. The lowest BCUT2D eigenvalue weighted by Gasteiger charge is -2.26. The molecular weight excluding hydrogens is 313 g/mol. The number of hydrogen-bond donors (Lipinski definition) is 1. The SMILES string of the molecule is CSCC[C@H](N)C(=O)N(CCC(F)(F)F)CC1CC1.Cl. The van der Waals surface area contributed by atoms with Crippen molar-refractivity contribution in [1.82, 2.24) is 4.90 Å². The van der Waals surface area contributed by atoms with Gasteiger partial charge in [-0.1, -0.05) is 0 Å². The number of carbonyl (C=O) groups is 1. The second kappa shape index (κ2) is 9.00. The third kappa shape index (κ3) is 8.21. The maximum Gasteiger partial charge on any atom is 0.390 e. The van der Waals surface area contributed by atoms with Crippen LogP contribution in [0.25, 0.3) is 0 Å². The molecule has 2 N–H and O–H groups in total. The molecule has 1 amide bonds. The Morgan fingerprint density at radius 3 is 2.50 bits per heavy atom. The Bertz CT molecular complexity index is 301. The molecule has 0 bridgehead atoms. The van der Waals surface area contributed by atoms with E-state index < -0.39 is 18.6 Å². The Labute approximate surface area is 128 Å². The number of carbonyl (C=O) groups excluding carboxylic acids is 1. The van der Waals surface area contributed by atoms with Gasteiger partial charge in [0.25, 0.3) is 0 Å². The first-order chi connectivity index (χ1) is 8.83. The van der Waals surface area contributed by atoms with Gasteiger partial charge in [0.1, 0.15) is 0 Å². The topological polar surface area (TPSA) is 46.3 Å². The molecule has 1 aliphatic carbocycles. The van der Waals surface area contributed by atoms with Gasteiger partial charge in [-0.3, -0.25) is 4.79 Å². The van der Waals surface area contributed by atoms with Crippen molar-refractivity contribution >= 4 is 30.1 Å². The molecular formula is C12H22ClF3N2OS. The molecule has 8 heteroatoms. The first-order valence-corrected chi connectivity index (χ1v) is 7.83. The van der Waals surface area contributed by atoms with Gasteiger partial charge >= 0.3 is 6.18 Å². The first kappa shape index (κ1) is 19.9. The number of alkyl halides is 3. The number of amides is 1. The van der Waals surface area contributed by atoms with Crippen molar-refractivity contribution < 1.29 is 18.0 Å². The Hall–Kier alpha value is -0.140. The van der Waals surface area contributed by atoms with Gasteiger partial charge in [0.2, 0.25) is 5.91 Å². The van der Waals surface area contributed by atoms with Crippen LogP contribution < -0.4 is 5.73 Å². The molecule has 0 aliphatic heterocycles. The summed E-state index contributed by atoms with van der Waals surface area (Å²) < 4.78 is 36.8. The van der Waals surface area contributed by atoms with Crippen LogP contribution in [0.1, 0.15) is 25.7 Å². The summed E-state index contributed by atoms with van der Waals surface area (Å²) in [6.07, 6.45) is -0.784. The number of thioether (sulfide) groups is 1. The molecule has 0 aromatic rings. The Balaban J connectivity index is 0.00000361. The highest BCUT2D eigenvalue weighted by Gasteiger charge is 2.33. The molecule has 0 aromatic heterocycles. The van der Waals surface area contributed by atoms with E-state index >= 15 is 0 Å². The lowest BCUT2D eigenvalue weighted by atomic mass is 10.2. The third-order valence-electron chi connectivity index (χ3n) is 3.10. The summed E-state index contributed by atoms with van der Waals surface area (Å²) in [4.78, 5) is 13.4. The lowest BCUT2D eigenvalue weighted by molar-refractivity contribution is -0.146. The second-order valence-corrected chi connectivity index (χ2v) is 5.97. The van der Waals surface area contributed by atoms with Crippen molar-refractivity contribution in [3.05, 3.63) is 0 Å². The van der Waals surface area contributed by atoms with E-state index in [-0.39, 0.29) is 24.9 Å². The average Bonchev–Trinajstić information content (AvgIpc) is 3.13. The van der Waals surface area contributed by atoms with E-state index in [0.717, 1.165) is 18.6 Å². The van der Waals surface area contributed by atoms with E-state index in [4.69, 9.17) is 5.73 Å². The monoisotopic (exact) mass is 334 g/mol. The van der Waals surface area contributed by atoms with Crippen LogP contribution in [0, 0.1) is 5.92 Å². The van der Waals surface area contributed by atoms with Gasteiger partial charge in [-0.05, 0) is 37.2 Å². The summed E-state index contributed by atoms with van der Waals surface area (Å²) in [6.45, 7) is 0.147. The Kier molecular flexibility index (Phi) is 8.93. The minimum absolute atomic E-state index is 0. The maximum atomic E-state index is 12.3. The van der Waals surface area contributed by atoms with Crippen LogP contribution in [-0.4, -0.2) is 48.1 Å². The predicted octanol–water partition coefficient (Wildman–Crippen LogP) is 2.68. The van der Waals surface area contributed by atoms with Crippen molar-refractivity contribution in [2.75, 3.05) is 25.1 Å². The summed E-state index contributed by atoms with van der Waals surface area (Å²) in [7, 11) is 0. The maximum absolute atomic E-state index is 12.3. The van der Waals surface area contributed by atoms with Crippen LogP contribution in [-0.2, 0) is 4.79 Å². The van der Waals surface area contributed by atoms with Crippen LogP contribution in [0.2, 0.25) is 0 Å². The molecule has 1 rings (SSSR count). The number of rotatable bonds is 8. The zero-order chi connectivity index (χ0) is 14.5. The van der Waals surface area contributed by atoms with Crippen LogP contribution >= 0.6 is 24.2 Å². The van der Waals surface area contributed by atoms with Crippen molar-refractivity contribution in [3.63, 3.8) is 0 Å². The number of nitrogens with two attached hydrogens (primary N) is 1. The molecule has 0 heterocycles. The molecule has 120 valence electrons. The largest absolute Gasteiger partial charge is 0.390 e.